The molecule has 0 bridgehead atoms. The van der Waals surface area contributed by atoms with Crippen LogP contribution in [0.2, 0.25) is 0 Å². The highest BCUT2D eigenvalue weighted by atomic mass is 16.3. The molecule has 0 radical (unpaired) electrons. The third-order valence-corrected chi connectivity index (χ3v) is 4.93. The maximum Gasteiger partial charge on any atom is 0.242 e. The number of nitrogens with zero attached hydrogens (tertiary/aromatic N) is 3. The van der Waals surface area contributed by atoms with Crippen molar-refractivity contribution in [2.45, 2.75) is 65.6 Å². The maximum absolute atomic E-state index is 13.1. The second-order valence-electron chi connectivity index (χ2n) is 7.51. The molecule has 0 saturated heterocycles. The minimum Gasteiger partial charge on any atom is -0.467 e. The van der Waals surface area contributed by atoms with Gasteiger partial charge in [-0.3, -0.25) is 9.59 Å². The number of carbonyl (C=O) groups excluding carboxylic acids is 2. The van der Waals surface area contributed by atoms with Gasteiger partial charge in [0.05, 0.1) is 19.4 Å². The normalized spacial score (nSPS) is 11.0. The van der Waals surface area contributed by atoms with E-state index in [9.17, 15) is 9.59 Å². The highest BCUT2D eigenvalue weighted by molar-refractivity contribution is 5.85. The fourth-order valence-corrected chi connectivity index (χ4v) is 3.15. The molecular weight excluding hydrogens is 354 g/mol. The lowest BCUT2D eigenvalue weighted by Crippen LogP contribution is -2.45. The predicted octanol–water partition coefficient (Wildman–Crippen LogP) is 3.96. The average molecular weight is 388 g/mol. The first kappa shape index (κ1) is 21.8. The first-order chi connectivity index (χ1) is 13.4. The summed E-state index contributed by atoms with van der Waals surface area (Å²) in [7, 11) is 1.96. The molecule has 2 heterocycles. The van der Waals surface area contributed by atoms with Crippen LogP contribution in [0.3, 0.4) is 0 Å². The van der Waals surface area contributed by atoms with Gasteiger partial charge in [0.25, 0.3) is 0 Å². The van der Waals surface area contributed by atoms with Crippen molar-refractivity contribution in [1.82, 2.24) is 14.4 Å². The van der Waals surface area contributed by atoms with Crippen LogP contribution in [0.15, 0.2) is 41.1 Å². The second-order valence-corrected chi connectivity index (χ2v) is 7.51. The zero-order valence-electron chi connectivity index (χ0n) is 17.6. The number of furan rings is 1. The Morgan fingerprint density at radius 3 is 2.46 bits per heavy atom. The summed E-state index contributed by atoms with van der Waals surface area (Å²) in [6, 6.07) is 7.62. The van der Waals surface area contributed by atoms with Crippen molar-refractivity contribution in [3.8, 4) is 0 Å². The zero-order chi connectivity index (χ0) is 20.5. The van der Waals surface area contributed by atoms with Crippen LogP contribution in [0.4, 0.5) is 0 Å². The average Bonchev–Trinajstić information content (AvgIpc) is 3.31. The van der Waals surface area contributed by atoms with Crippen molar-refractivity contribution in [1.29, 1.82) is 0 Å². The van der Waals surface area contributed by atoms with E-state index in [0.717, 1.165) is 30.7 Å². The van der Waals surface area contributed by atoms with Gasteiger partial charge < -0.3 is 18.8 Å². The number of hydrogen-bond donors (Lipinski definition) is 0. The van der Waals surface area contributed by atoms with Gasteiger partial charge in [-0.25, -0.2) is 0 Å². The van der Waals surface area contributed by atoms with Crippen molar-refractivity contribution >= 4 is 11.8 Å². The van der Waals surface area contributed by atoms with Crippen molar-refractivity contribution in [2.75, 3.05) is 6.54 Å². The zero-order valence-corrected chi connectivity index (χ0v) is 17.6. The van der Waals surface area contributed by atoms with Gasteiger partial charge in [-0.15, -0.1) is 0 Å². The van der Waals surface area contributed by atoms with Crippen LogP contribution < -0.4 is 0 Å². The molecule has 0 fully saturated rings. The summed E-state index contributed by atoms with van der Waals surface area (Å²) in [5.41, 5.74) is 1.03. The van der Waals surface area contributed by atoms with Gasteiger partial charge in [-0.2, -0.15) is 0 Å². The van der Waals surface area contributed by atoms with E-state index in [-0.39, 0.29) is 24.4 Å². The molecule has 0 unspecified atom stereocenters. The van der Waals surface area contributed by atoms with E-state index in [1.54, 1.807) is 16.1 Å². The van der Waals surface area contributed by atoms with Crippen LogP contribution in [-0.2, 0) is 29.7 Å². The number of amides is 2. The van der Waals surface area contributed by atoms with Crippen LogP contribution in [-0.4, -0.2) is 38.8 Å². The third-order valence-electron chi connectivity index (χ3n) is 4.93. The molecule has 0 aliphatic rings. The third kappa shape index (κ3) is 6.29. The molecule has 2 aromatic heterocycles. The van der Waals surface area contributed by atoms with E-state index < -0.39 is 0 Å². The lowest BCUT2D eigenvalue weighted by Gasteiger charge is -2.30. The molecule has 0 N–H and O–H groups in total. The summed E-state index contributed by atoms with van der Waals surface area (Å²) < 4.78 is 7.45. The number of carbonyl (C=O) groups is 2. The van der Waals surface area contributed by atoms with E-state index >= 15 is 0 Å². The molecular formula is C22H33N3O3. The molecule has 0 aliphatic carbocycles. The van der Waals surface area contributed by atoms with E-state index in [1.807, 2.05) is 55.9 Å². The molecule has 2 rings (SSSR count). The van der Waals surface area contributed by atoms with Crippen molar-refractivity contribution in [2.24, 2.45) is 7.05 Å². The van der Waals surface area contributed by atoms with E-state index in [1.165, 1.54) is 0 Å². The molecule has 6 nitrogen and oxygen atoms in total. The monoisotopic (exact) mass is 387 g/mol. The summed E-state index contributed by atoms with van der Waals surface area (Å²) in [4.78, 5) is 29.2. The standard InChI is InChI=1S/C22H33N3O3/c1-5-6-7-12-21(26)25(18(2)3)17-22(27)24(16-20-11-9-14-28-20)15-19-10-8-13-23(19)4/h8-11,13-14,18H,5-7,12,15-17H2,1-4H3. The Kier molecular flexibility index (Phi) is 8.36. The van der Waals surface area contributed by atoms with Crippen LogP contribution in [0.5, 0.6) is 0 Å². The Bertz CT molecular complexity index is 734. The number of aryl methyl sites for hydroxylation is 1. The lowest BCUT2D eigenvalue weighted by molar-refractivity contribution is -0.143. The van der Waals surface area contributed by atoms with Gasteiger partial charge in [-0.05, 0) is 44.5 Å². The molecule has 154 valence electrons. The number of aromatic nitrogens is 1. The fraction of sp³-hybridized carbons (Fsp3) is 0.545. The Hall–Kier alpha value is -2.50. The Labute approximate surface area is 168 Å². The van der Waals surface area contributed by atoms with E-state index in [4.69, 9.17) is 4.42 Å². The molecule has 6 heteroatoms. The largest absolute Gasteiger partial charge is 0.467 e. The quantitative estimate of drug-likeness (QED) is 0.548. The topological polar surface area (TPSA) is 58.7 Å². The summed E-state index contributed by atoms with van der Waals surface area (Å²) in [6.45, 7) is 6.97. The molecule has 0 aliphatic heterocycles. The molecule has 0 saturated carbocycles. The Morgan fingerprint density at radius 1 is 1.11 bits per heavy atom. The maximum atomic E-state index is 13.1. The predicted molar refractivity (Wildman–Crippen MR) is 109 cm³/mol. The Morgan fingerprint density at radius 2 is 1.89 bits per heavy atom. The molecule has 0 atom stereocenters. The molecule has 2 aromatic rings. The van der Waals surface area contributed by atoms with Gasteiger partial charge in [0, 0.05) is 31.4 Å². The molecule has 2 amide bonds. The van der Waals surface area contributed by atoms with Crippen LogP contribution >= 0.6 is 0 Å². The number of unbranched alkanes of at least 4 members (excludes halogenated alkanes) is 2. The highest BCUT2D eigenvalue weighted by Crippen LogP contribution is 2.14. The molecule has 0 aromatic carbocycles. The van der Waals surface area contributed by atoms with Crippen molar-refractivity contribution < 1.29 is 14.0 Å². The van der Waals surface area contributed by atoms with Crippen molar-refractivity contribution in [3.63, 3.8) is 0 Å². The van der Waals surface area contributed by atoms with Crippen molar-refractivity contribution in [3.05, 3.63) is 48.2 Å². The summed E-state index contributed by atoms with van der Waals surface area (Å²) >= 11 is 0. The van der Waals surface area contributed by atoms with Gasteiger partial charge >= 0.3 is 0 Å². The number of hydrogen-bond acceptors (Lipinski definition) is 3. The van der Waals surface area contributed by atoms with Gasteiger partial charge in [0.1, 0.15) is 12.3 Å². The molecule has 28 heavy (non-hydrogen) atoms. The van der Waals surface area contributed by atoms with Crippen LogP contribution in [0, 0.1) is 0 Å². The van der Waals surface area contributed by atoms with E-state index in [0.29, 0.717) is 19.5 Å². The first-order valence-corrected chi connectivity index (χ1v) is 10.1. The van der Waals surface area contributed by atoms with Crippen LogP contribution in [0.25, 0.3) is 0 Å². The fourth-order valence-electron chi connectivity index (χ4n) is 3.15. The van der Waals surface area contributed by atoms with E-state index in [2.05, 4.69) is 6.92 Å². The SMILES string of the molecule is CCCCCC(=O)N(CC(=O)N(Cc1ccco1)Cc1cccn1C)C(C)C. The lowest BCUT2D eigenvalue weighted by atomic mass is 10.1. The summed E-state index contributed by atoms with van der Waals surface area (Å²) in [6.07, 6.45) is 7.04. The minimum absolute atomic E-state index is 0.0152. The highest BCUT2D eigenvalue weighted by Gasteiger charge is 2.24. The smallest absolute Gasteiger partial charge is 0.242 e. The first-order valence-electron chi connectivity index (χ1n) is 10.1. The second kappa shape index (κ2) is 10.7. The van der Waals surface area contributed by atoms with Crippen LogP contribution in [0.1, 0.15) is 57.9 Å². The van der Waals surface area contributed by atoms with Gasteiger partial charge in [0.15, 0.2) is 0 Å². The van der Waals surface area contributed by atoms with Gasteiger partial charge in [-0.1, -0.05) is 19.8 Å². The Balaban J connectivity index is 2.10. The molecule has 0 spiro atoms. The summed E-state index contributed by atoms with van der Waals surface area (Å²) in [5, 5.41) is 0. The minimum atomic E-state index is -0.0739. The summed E-state index contributed by atoms with van der Waals surface area (Å²) in [5.74, 6) is 0.705. The van der Waals surface area contributed by atoms with Gasteiger partial charge in [0.2, 0.25) is 11.8 Å². The number of rotatable bonds is 11.